The smallest absolute Gasteiger partial charge is 0.379 e. The van der Waals surface area contributed by atoms with Crippen molar-refractivity contribution in [3.05, 3.63) is 0 Å². The fraction of sp³-hybridized carbons (Fsp3) is 1.00. The van der Waals surface area contributed by atoms with Crippen molar-refractivity contribution in [2.45, 2.75) is 51.9 Å². The van der Waals surface area contributed by atoms with Crippen LogP contribution < -0.4 is 0 Å². The molecule has 5 nitrogen and oxygen atoms in total. The van der Waals surface area contributed by atoms with E-state index in [0.717, 1.165) is 12.8 Å². The second-order valence-electron chi connectivity index (χ2n) is 3.98. The van der Waals surface area contributed by atoms with Gasteiger partial charge in [0.05, 0.1) is 13.2 Å². The molecular weight excluding hydrogens is 244 g/mol. The molecule has 0 atom stereocenters. The van der Waals surface area contributed by atoms with Crippen molar-refractivity contribution in [2.24, 2.45) is 0 Å². The Kier molecular flexibility index (Phi) is 10.8. The van der Waals surface area contributed by atoms with Crippen molar-refractivity contribution in [1.82, 2.24) is 0 Å². The molecule has 0 aliphatic heterocycles. The third kappa shape index (κ3) is 15.8. The summed E-state index contributed by atoms with van der Waals surface area (Å²) in [5.74, 6) is 0. The number of rotatable bonds is 12. The topological polar surface area (TPSA) is 72.8 Å². The Morgan fingerprint density at radius 1 is 0.882 bits per heavy atom. The van der Waals surface area contributed by atoms with E-state index in [1.807, 2.05) is 0 Å². The van der Waals surface area contributed by atoms with Gasteiger partial charge >= 0.3 is 10.4 Å². The first-order valence-electron chi connectivity index (χ1n) is 6.26. The van der Waals surface area contributed by atoms with Crippen LogP contribution in [0.1, 0.15) is 51.9 Å². The van der Waals surface area contributed by atoms with Crippen LogP contribution in [0.5, 0.6) is 0 Å². The summed E-state index contributed by atoms with van der Waals surface area (Å²) in [5, 5.41) is 0. The fourth-order valence-electron chi connectivity index (χ4n) is 1.46. The van der Waals surface area contributed by atoms with Gasteiger partial charge in [-0.15, -0.1) is 0 Å². The quantitative estimate of drug-likeness (QED) is 0.435. The average Bonchev–Trinajstić information content (AvgIpc) is 2.24. The van der Waals surface area contributed by atoms with Crippen LogP contribution in [0.25, 0.3) is 0 Å². The summed E-state index contributed by atoms with van der Waals surface area (Å²) in [6, 6.07) is 0. The van der Waals surface area contributed by atoms with Gasteiger partial charge in [0.25, 0.3) is 0 Å². The van der Waals surface area contributed by atoms with Gasteiger partial charge in [-0.25, -0.2) is 4.18 Å². The van der Waals surface area contributed by atoms with E-state index < -0.39 is 10.4 Å². The molecule has 0 radical (unpaired) electrons. The molecule has 0 aliphatic rings. The second kappa shape index (κ2) is 11.0. The van der Waals surface area contributed by atoms with Crippen LogP contribution in [0.15, 0.2) is 0 Å². The molecular formula is C11H24O5S. The van der Waals surface area contributed by atoms with Gasteiger partial charge < -0.3 is 4.74 Å². The standard InChI is InChI=1S/C11H24O5S/c1-2-3-4-5-6-7-8-9-15-10-11-16-17(12,13)14/h2-11H2,1H3,(H,12,13,14). The molecule has 1 N–H and O–H groups in total. The lowest BCUT2D eigenvalue weighted by Crippen LogP contribution is -2.10. The maximum atomic E-state index is 10.2. The summed E-state index contributed by atoms with van der Waals surface area (Å²) in [5.41, 5.74) is 0. The van der Waals surface area contributed by atoms with Crippen molar-refractivity contribution in [3.8, 4) is 0 Å². The minimum absolute atomic E-state index is 0.130. The van der Waals surface area contributed by atoms with Crippen LogP contribution in [-0.4, -0.2) is 32.8 Å². The predicted molar refractivity (Wildman–Crippen MR) is 66.3 cm³/mol. The molecule has 0 fully saturated rings. The highest BCUT2D eigenvalue weighted by molar-refractivity contribution is 7.80. The SMILES string of the molecule is CCCCCCCCCOCCOS(=O)(=O)O. The van der Waals surface area contributed by atoms with E-state index in [0.29, 0.717) is 6.61 Å². The zero-order chi connectivity index (χ0) is 13.0. The molecule has 0 saturated carbocycles. The maximum absolute atomic E-state index is 10.2. The summed E-state index contributed by atoms with van der Waals surface area (Å²) in [6.07, 6.45) is 8.51. The maximum Gasteiger partial charge on any atom is 0.397 e. The third-order valence-corrected chi connectivity index (χ3v) is 2.82. The lowest BCUT2D eigenvalue weighted by molar-refractivity contribution is 0.0945. The summed E-state index contributed by atoms with van der Waals surface area (Å²) in [7, 11) is -4.31. The molecule has 0 aromatic rings. The Hall–Kier alpha value is -0.170. The van der Waals surface area contributed by atoms with Crippen LogP contribution in [0, 0.1) is 0 Å². The molecule has 0 amide bonds. The van der Waals surface area contributed by atoms with Crippen molar-refractivity contribution >= 4 is 10.4 Å². The minimum atomic E-state index is -4.31. The fourth-order valence-corrected chi connectivity index (χ4v) is 1.74. The molecule has 0 aromatic carbocycles. The van der Waals surface area contributed by atoms with Gasteiger partial charge in [-0.3, -0.25) is 4.55 Å². The molecule has 0 rings (SSSR count). The lowest BCUT2D eigenvalue weighted by atomic mass is 10.1. The van der Waals surface area contributed by atoms with Crippen molar-refractivity contribution in [3.63, 3.8) is 0 Å². The summed E-state index contributed by atoms with van der Waals surface area (Å²) >= 11 is 0. The monoisotopic (exact) mass is 268 g/mol. The average molecular weight is 268 g/mol. The van der Waals surface area contributed by atoms with Gasteiger partial charge in [0.15, 0.2) is 0 Å². The van der Waals surface area contributed by atoms with Gasteiger partial charge in [-0.05, 0) is 6.42 Å². The van der Waals surface area contributed by atoms with Crippen molar-refractivity contribution in [1.29, 1.82) is 0 Å². The molecule has 0 unspecified atom stereocenters. The first-order valence-corrected chi connectivity index (χ1v) is 7.62. The van der Waals surface area contributed by atoms with E-state index in [1.165, 1.54) is 32.1 Å². The molecule has 6 heteroatoms. The largest absolute Gasteiger partial charge is 0.397 e. The minimum Gasteiger partial charge on any atom is -0.379 e. The lowest BCUT2D eigenvalue weighted by Gasteiger charge is -2.04. The van der Waals surface area contributed by atoms with E-state index in [4.69, 9.17) is 9.29 Å². The highest BCUT2D eigenvalue weighted by atomic mass is 32.3. The summed E-state index contributed by atoms with van der Waals surface area (Å²) in [4.78, 5) is 0. The van der Waals surface area contributed by atoms with Crippen molar-refractivity contribution < 1.29 is 21.9 Å². The number of hydrogen-bond donors (Lipinski definition) is 1. The molecule has 0 heterocycles. The Balaban J connectivity index is 3.04. The van der Waals surface area contributed by atoms with E-state index in [1.54, 1.807) is 0 Å². The van der Waals surface area contributed by atoms with Crippen LogP contribution in [0.3, 0.4) is 0 Å². The first kappa shape index (κ1) is 16.8. The van der Waals surface area contributed by atoms with Gasteiger partial charge in [0, 0.05) is 6.61 Å². The molecule has 0 aromatic heterocycles. The Bertz CT molecular complexity index is 251. The molecule has 0 aliphatic carbocycles. The molecule has 0 spiro atoms. The van der Waals surface area contributed by atoms with Gasteiger partial charge in [-0.2, -0.15) is 8.42 Å². The Labute approximate surface area is 104 Å². The highest BCUT2D eigenvalue weighted by Gasteiger charge is 2.02. The summed E-state index contributed by atoms with van der Waals surface area (Å²) < 4.78 is 37.9. The van der Waals surface area contributed by atoms with Crippen LogP contribution >= 0.6 is 0 Å². The van der Waals surface area contributed by atoms with Gasteiger partial charge in [0.1, 0.15) is 0 Å². The van der Waals surface area contributed by atoms with E-state index in [2.05, 4.69) is 11.1 Å². The normalized spacial score (nSPS) is 11.9. The summed E-state index contributed by atoms with van der Waals surface area (Å²) in [6.45, 7) is 2.87. The number of hydrogen-bond acceptors (Lipinski definition) is 4. The third-order valence-electron chi connectivity index (χ3n) is 2.35. The van der Waals surface area contributed by atoms with Crippen molar-refractivity contribution in [2.75, 3.05) is 19.8 Å². The first-order chi connectivity index (χ1) is 8.06. The predicted octanol–water partition coefficient (Wildman–Crippen LogP) is 2.57. The molecule has 0 bridgehead atoms. The molecule has 104 valence electrons. The zero-order valence-electron chi connectivity index (χ0n) is 10.6. The van der Waals surface area contributed by atoms with Gasteiger partial charge in [0.2, 0.25) is 0 Å². The van der Waals surface area contributed by atoms with Crippen LogP contribution in [-0.2, 0) is 19.3 Å². The number of ether oxygens (including phenoxy) is 1. The highest BCUT2D eigenvalue weighted by Crippen LogP contribution is 2.06. The Morgan fingerprint density at radius 2 is 1.47 bits per heavy atom. The Morgan fingerprint density at radius 3 is 2.06 bits per heavy atom. The number of unbranched alkanes of at least 4 members (excludes halogenated alkanes) is 6. The van der Waals surface area contributed by atoms with E-state index in [-0.39, 0.29) is 13.2 Å². The van der Waals surface area contributed by atoms with Gasteiger partial charge in [-0.1, -0.05) is 45.4 Å². The second-order valence-corrected chi connectivity index (χ2v) is 5.07. The van der Waals surface area contributed by atoms with Crippen LogP contribution in [0.4, 0.5) is 0 Å². The zero-order valence-corrected chi connectivity index (χ0v) is 11.4. The van der Waals surface area contributed by atoms with E-state index >= 15 is 0 Å². The molecule has 17 heavy (non-hydrogen) atoms. The van der Waals surface area contributed by atoms with Crippen LogP contribution in [0.2, 0.25) is 0 Å². The van der Waals surface area contributed by atoms with E-state index in [9.17, 15) is 8.42 Å². The molecule has 0 saturated heterocycles.